The van der Waals surface area contributed by atoms with Gasteiger partial charge in [0.25, 0.3) is 0 Å². The van der Waals surface area contributed by atoms with Gasteiger partial charge in [-0.3, -0.25) is 4.79 Å². The molecule has 114 valence electrons. The van der Waals surface area contributed by atoms with Crippen LogP contribution in [0, 0.1) is 11.8 Å². The molecule has 0 aromatic carbocycles. The Morgan fingerprint density at radius 3 is 2.65 bits per heavy atom. The molecule has 1 saturated heterocycles. The largest absolute Gasteiger partial charge is 0.479 e. The zero-order valence-electron chi connectivity index (χ0n) is 12.2. The highest BCUT2D eigenvalue weighted by atomic mass is 16.5. The predicted octanol–water partition coefficient (Wildman–Crippen LogP) is 1.90. The molecular formula is C15H25NO4. The normalized spacial score (nSPS) is 25.6. The number of morpholine rings is 1. The minimum atomic E-state index is -0.980. The lowest BCUT2D eigenvalue weighted by molar-refractivity contribution is -0.160. The number of carboxylic acids is 1. The van der Waals surface area contributed by atoms with Crippen LogP contribution >= 0.6 is 0 Å². The Morgan fingerprint density at radius 2 is 2.05 bits per heavy atom. The van der Waals surface area contributed by atoms with E-state index < -0.39 is 12.1 Å². The average Bonchev–Trinajstić information content (AvgIpc) is 2.97. The summed E-state index contributed by atoms with van der Waals surface area (Å²) in [6, 6.07) is 0. The number of amides is 1. The molecule has 2 unspecified atom stereocenters. The Bertz CT molecular complexity index is 352. The molecule has 2 atom stereocenters. The van der Waals surface area contributed by atoms with Crippen molar-refractivity contribution < 1.29 is 19.4 Å². The molecular weight excluding hydrogens is 258 g/mol. The van der Waals surface area contributed by atoms with Crippen molar-refractivity contribution in [3.8, 4) is 0 Å². The number of carbonyl (C=O) groups excluding carboxylic acids is 1. The number of carbonyl (C=O) groups is 2. The molecule has 1 aliphatic carbocycles. The van der Waals surface area contributed by atoms with E-state index in [1.54, 1.807) is 4.90 Å². The first-order chi connectivity index (χ1) is 9.61. The summed E-state index contributed by atoms with van der Waals surface area (Å²) in [7, 11) is 0. The molecule has 2 rings (SSSR count). The van der Waals surface area contributed by atoms with Gasteiger partial charge in [0.1, 0.15) is 0 Å². The highest BCUT2D eigenvalue weighted by Crippen LogP contribution is 2.32. The van der Waals surface area contributed by atoms with Crippen LogP contribution in [0.4, 0.5) is 0 Å². The van der Waals surface area contributed by atoms with E-state index >= 15 is 0 Å². The van der Waals surface area contributed by atoms with E-state index in [4.69, 9.17) is 9.84 Å². The van der Waals surface area contributed by atoms with Crippen molar-refractivity contribution in [3.05, 3.63) is 0 Å². The van der Waals surface area contributed by atoms with E-state index in [1.165, 1.54) is 25.7 Å². The highest BCUT2D eigenvalue weighted by molar-refractivity contribution is 5.80. The van der Waals surface area contributed by atoms with Crippen LogP contribution in [0.2, 0.25) is 0 Å². The number of ether oxygens (including phenoxy) is 1. The van der Waals surface area contributed by atoms with Gasteiger partial charge in [0.15, 0.2) is 6.10 Å². The maximum Gasteiger partial charge on any atom is 0.334 e. The predicted molar refractivity (Wildman–Crippen MR) is 74.3 cm³/mol. The third-order valence-electron chi connectivity index (χ3n) is 4.59. The average molecular weight is 283 g/mol. The van der Waals surface area contributed by atoms with Crippen LogP contribution in [0.5, 0.6) is 0 Å². The van der Waals surface area contributed by atoms with Gasteiger partial charge in [-0.15, -0.1) is 0 Å². The third kappa shape index (κ3) is 3.72. The van der Waals surface area contributed by atoms with Gasteiger partial charge < -0.3 is 14.7 Å². The van der Waals surface area contributed by atoms with Gasteiger partial charge in [-0.1, -0.05) is 32.6 Å². The SMILES string of the molecule is CCC(CC1CCCC1)C(=O)N1CCOC(C(=O)O)C1. The van der Waals surface area contributed by atoms with Crippen LogP contribution in [0.15, 0.2) is 0 Å². The molecule has 1 aliphatic heterocycles. The molecule has 5 heteroatoms. The fraction of sp³-hybridized carbons (Fsp3) is 0.867. The second kappa shape index (κ2) is 7.07. The molecule has 0 spiro atoms. The van der Waals surface area contributed by atoms with Gasteiger partial charge in [-0.25, -0.2) is 4.79 Å². The molecule has 0 aromatic heterocycles. The third-order valence-corrected chi connectivity index (χ3v) is 4.59. The van der Waals surface area contributed by atoms with Crippen LogP contribution in [0.3, 0.4) is 0 Å². The number of rotatable bonds is 5. The van der Waals surface area contributed by atoms with E-state index in [0.29, 0.717) is 19.1 Å². The van der Waals surface area contributed by atoms with E-state index in [1.807, 2.05) is 6.92 Å². The lowest BCUT2D eigenvalue weighted by Gasteiger charge is -2.33. The summed E-state index contributed by atoms with van der Waals surface area (Å²) >= 11 is 0. The molecule has 20 heavy (non-hydrogen) atoms. The fourth-order valence-electron chi connectivity index (χ4n) is 3.35. The monoisotopic (exact) mass is 283 g/mol. The minimum Gasteiger partial charge on any atom is -0.479 e. The topological polar surface area (TPSA) is 66.8 Å². The second-order valence-corrected chi connectivity index (χ2v) is 5.97. The molecule has 1 saturated carbocycles. The lowest BCUT2D eigenvalue weighted by atomic mass is 9.90. The molecule has 1 heterocycles. The van der Waals surface area contributed by atoms with Crippen molar-refractivity contribution in [1.29, 1.82) is 0 Å². The van der Waals surface area contributed by atoms with Gasteiger partial charge in [0.2, 0.25) is 5.91 Å². The van der Waals surface area contributed by atoms with Gasteiger partial charge in [0.05, 0.1) is 13.2 Å². The molecule has 2 fully saturated rings. The van der Waals surface area contributed by atoms with Crippen molar-refractivity contribution in [2.24, 2.45) is 11.8 Å². The van der Waals surface area contributed by atoms with Crippen LogP contribution in [-0.4, -0.2) is 47.7 Å². The van der Waals surface area contributed by atoms with Crippen molar-refractivity contribution >= 4 is 11.9 Å². The van der Waals surface area contributed by atoms with E-state index in [2.05, 4.69) is 0 Å². The van der Waals surface area contributed by atoms with Crippen LogP contribution in [0.1, 0.15) is 45.4 Å². The number of hydrogen-bond donors (Lipinski definition) is 1. The summed E-state index contributed by atoms with van der Waals surface area (Å²) in [5, 5.41) is 9.00. The Morgan fingerprint density at radius 1 is 1.35 bits per heavy atom. The number of nitrogens with zero attached hydrogens (tertiary/aromatic N) is 1. The van der Waals surface area contributed by atoms with Gasteiger partial charge in [0, 0.05) is 12.5 Å². The maximum absolute atomic E-state index is 12.6. The maximum atomic E-state index is 12.6. The molecule has 1 amide bonds. The van der Waals surface area contributed by atoms with E-state index in [-0.39, 0.29) is 18.4 Å². The summed E-state index contributed by atoms with van der Waals surface area (Å²) < 4.78 is 5.17. The van der Waals surface area contributed by atoms with Crippen molar-refractivity contribution in [2.45, 2.75) is 51.6 Å². The number of aliphatic carboxylic acids is 1. The summed E-state index contributed by atoms with van der Waals surface area (Å²) in [4.78, 5) is 25.2. The molecule has 5 nitrogen and oxygen atoms in total. The van der Waals surface area contributed by atoms with Gasteiger partial charge in [-0.05, 0) is 18.8 Å². The first-order valence-corrected chi connectivity index (χ1v) is 7.75. The molecule has 0 aromatic rings. The van der Waals surface area contributed by atoms with Crippen molar-refractivity contribution in [2.75, 3.05) is 19.7 Å². The van der Waals surface area contributed by atoms with Gasteiger partial charge in [-0.2, -0.15) is 0 Å². The first kappa shape index (κ1) is 15.3. The van der Waals surface area contributed by atoms with Crippen LogP contribution in [0.25, 0.3) is 0 Å². The molecule has 2 aliphatic rings. The quantitative estimate of drug-likeness (QED) is 0.837. The summed E-state index contributed by atoms with van der Waals surface area (Å²) in [5.41, 5.74) is 0. The Labute approximate surface area is 120 Å². The highest BCUT2D eigenvalue weighted by Gasteiger charge is 2.33. The standard InChI is InChI=1S/C15H25NO4/c1-2-12(9-11-5-3-4-6-11)14(17)16-7-8-20-13(10-16)15(18)19/h11-13H,2-10H2,1H3,(H,18,19). The Hall–Kier alpha value is -1.10. The van der Waals surface area contributed by atoms with Crippen molar-refractivity contribution in [1.82, 2.24) is 4.90 Å². The first-order valence-electron chi connectivity index (χ1n) is 7.75. The Balaban J connectivity index is 1.91. The minimum absolute atomic E-state index is 0.0469. The summed E-state index contributed by atoms with van der Waals surface area (Å²) in [5.74, 6) is -0.133. The second-order valence-electron chi connectivity index (χ2n) is 5.97. The van der Waals surface area contributed by atoms with Gasteiger partial charge >= 0.3 is 5.97 Å². The van der Waals surface area contributed by atoms with E-state index in [9.17, 15) is 9.59 Å². The van der Waals surface area contributed by atoms with E-state index in [0.717, 1.165) is 12.8 Å². The van der Waals surface area contributed by atoms with Crippen LogP contribution < -0.4 is 0 Å². The lowest BCUT2D eigenvalue weighted by Crippen LogP contribution is -2.50. The zero-order valence-corrected chi connectivity index (χ0v) is 12.2. The number of carboxylic acid groups (broad SMARTS) is 1. The number of hydrogen-bond acceptors (Lipinski definition) is 3. The molecule has 0 bridgehead atoms. The Kier molecular flexibility index (Phi) is 5.40. The molecule has 1 N–H and O–H groups in total. The summed E-state index contributed by atoms with van der Waals surface area (Å²) in [6.07, 6.45) is 5.99. The summed E-state index contributed by atoms with van der Waals surface area (Å²) in [6.45, 7) is 3.08. The smallest absolute Gasteiger partial charge is 0.334 e. The molecule has 0 radical (unpaired) electrons. The van der Waals surface area contributed by atoms with Crippen LogP contribution in [-0.2, 0) is 14.3 Å². The fourth-order valence-corrected chi connectivity index (χ4v) is 3.35. The van der Waals surface area contributed by atoms with Crippen molar-refractivity contribution in [3.63, 3.8) is 0 Å². The zero-order chi connectivity index (χ0) is 14.5.